The lowest BCUT2D eigenvalue weighted by Crippen LogP contribution is -2.11. The molecule has 0 fully saturated rings. The molecule has 1 aromatic heterocycles. The fourth-order valence-electron chi connectivity index (χ4n) is 0.754. The van der Waals surface area contributed by atoms with Crippen LogP contribution in [0, 0.1) is 0 Å². The topological polar surface area (TPSA) is 56.0 Å². The summed E-state index contributed by atoms with van der Waals surface area (Å²) in [5, 5.41) is 0. The molecule has 0 aliphatic rings. The molecular formula is C9H10N2O. The van der Waals surface area contributed by atoms with Gasteiger partial charge >= 0.3 is 0 Å². The van der Waals surface area contributed by atoms with Gasteiger partial charge in [-0.15, -0.1) is 0 Å². The number of primary amides is 1. The number of nitrogens with two attached hydrogens (primary N) is 1. The van der Waals surface area contributed by atoms with Crippen molar-refractivity contribution in [3.63, 3.8) is 0 Å². The number of aromatic nitrogens is 1. The van der Waals surface area contributed by atoms with Crippen molar-refractivity contribution in [1.82, 2.24) is 4.98 Å². The first-order chi connectivity index (χ1) is 5.70. The van der Waals surface area contributed by atoms with E-state index in [-0.39, 0.29) is 0 Å². The van der Waals surface area contributed by atoms with E-state index in [1.165, 1.54) is 0 Å². The highest BCUT2D eigenvalue weighted by atomic mass is 16.1. The molecule has 1 amide bonds. The zero-order valence-corrected chi connectivity index (χ0v) is 6.82. The van der Waals surface area contributed by atoms with E-state index in [1.807, 2.05) is 18.2 Å². The molecule has 12 heavy (non-hydrogen) atoms. The minimum Gasteiger partial charge on any atom is -0.366 e. The van der Waals surface area contributed by atoms with Crippen LogP contribution in [0.25, 0.3) is 6.08 Å². The highest BCUT2D eigenvalue weighted by molar-refractivity contribution is 5.95. The van der Waals surface area contributed by atoms with Crippen molar-refractivity contribution in [3.8, 4) is 0 Å². The monoisotopic (exact) mass is 162 g/mol. The molecule has 1 aromatic rings. The molecular weight excluding hydrogens is 152 g/mol. The van der Waals surface area contributed by atoms with E-state index in [4.69, 9.17) is 5.73 Å². The highest BCUT2D eigenvalue weighted by Gasteiger charge is 1.96. The van der Waals surface area contributed by atoms with Crippen LogP contribution in [-0.2, 0) is 4.79 Å². The number of hydrogen-bond acceptors (Lipinski definition) is 2. The van der Waals surface area contributed by atoms with Crippen molar-refractivity contribution in [2.75, 3.05) is 0 Å². The molecule has 0 saturated carbocycles. The minimum atomic E-state index is -0.416. The van der Waals surface area contributed by atoms with Crippen molar-refractivity contribution in [1.29, 1.82) is 0 Å². The van der Waals surface area contributed by atoms with Gasteiger partial charge in [-0.25, -0.2) is 0 Å². The smallest absolute Gasteiger partial charge is 0.244 e. The van der Waals surface area contributed by atoms with Crippen molar-refractivity contribution in [2.45, 2.75) is 6.92 Å². The number of amides is 1. The third kappa shape index (κ3) is 2.20. The average Bonchev–Trinajstić information content (AvgIpc) is 2.06. The molecule has 62 valence electrons. The molecule has 0 aliphatic carbocycles. The van der Waals surface area contributed by atoms with Crippen molar-refractivity contribution in [3.05, 3.63) is 35.7 Å². The zero-order chi connectivity index (χ0) is 8.97. The Kier molecular flexibility index (Phi) is 2.58. The van der Waals surface area contributed by atoms with Crippen LogP contribution in [-0.4, -0.2) is 10.9 Å². The lowest BCUT2D eigenvalue weighted by molar-refractivity contribution is -0.114. The van der Waals surface area contributed by atoms with Gasteiger partial charge in [0.15, 0.2) is 0 Å². The molecule has 0 spiro atoms. The molecule has 0 aliphatic heterocycles. The summed E-state index contributed by atoms with van der Waals surface area (Å²) in [5.74, 6) is -0.416. The van der Waals surface area contributed by atoms with Gasteiger partial charge in [-0.3, -0.25) is 9.78 Å². The Morgan fingerprint density at radius 3 is 2.83 bits per heavy atom. The Labute approximate surface area is 70.9 Å². The maximum Gasteiger partial charge on any atom is 0.244 e. The second-order valence-electron chi connectivity index (χ2n) is 2.45. The summed E-state index contributed by atoms with van der Waals surface area (Å²) < 4.78 is 0. The van der Waals surface area contributed by atoms with Gasteiger partial charge in [0.1, 0.15) is 0 Å². The summed E-state index contributed by atoms with van der Waals surface area (Å²) in [5.41, 5.74) is 6.30. The van der Waals surface area contributed by atoms with Gasteiger partial charge in [-0.05, 0) is 25.1 Å². The fourth-order valence-corrected chi connectivity index (χ4v) is 0.754. The number of hydrogen-bond donors (Lipinski definition) is 1. The predicted molar refractivity (Wildman–Crippen MR) is 47.1 cm³/mol. The first kappa shape index (κ1) is 8.46. The van der Waals surface area contributed by atoms with E-state index in [0.717, 1.165) is 5.69 Å². The summed E-state index contributed by atoms with van der Waals surface area (Å²) >= 11 is 0. The summed E-state index contributed by atoms with van der Waals surface area (Å²) in [4.78, 5) is 14.6. The molecule has 0 aromatic carbocycles. The minimum absolute atomic E-state index is 0.416. The lowest BCUT2D eigenvalue weighted by atomic mass is 10.2. The van der Waals surface area contributed by atoms with Crippen LogP contribution >= 0.6 is 0 Å². The van der Waals surface area contributed by atoms with Gasteiger partial charge in [0, 0.05) is 11.8 Å². The molecule has 1 rings (SSSR count). The summed E-state index contributed by atoms with van der Waals surface area (Å²) in [6, 6.07) is 5.48. The second-order valence-corrected chi connectivity index (χ2v) is 2.45. The normalized spacial score (nSPS) is 11.2. The van der Waals surface area contributed by atoms with Crippen LogP contribution in [0.4, 0.5) is 0 Å². The van der Waals surface area contributed by atoms with Crippen LogP contribution in [0.1, 0.15) is 12.6 Å². The van der Waals surface area contributed by atoms with Gasteiger partial charge in [-0.1, -0.05) is 6.07 Å². The van der Waals surface area contributed by atoms with Gasteiger partial charge in [0.2, 0.25) is 5.91 Å². The maximum atomic E-state index is 10.6. The van der Waals surface area contributed by atoms with Gasteiger partial charge in [-0.2, -0.15) is 0 Å². The van der Waals surface area contributed by atoms with E-state index in [9.17, 15) is 4.79 Å². The Hall–Kier alpha value is -1.64. The number of carbonyl (C=O) groups excluding carboxylic acids is 1. The maximum absolute atomic E-state index is 10.6. The molecule has 0 bridgehead atoms. The van der Waals surface area contributed by atoms with Gasteiger partial charge in [0.05, 0.1) is 5.69 Å². The van der Waals surface area contributed by atoms with E-state index in [1.54, 1.807) is 19.2 Å². The molecule has 3 nitrogen and oxygen atoms in total. The van der Waals surface area contributed by atoms with Gasteiger partial charge in [0.25, 0.3) is 0 Å². The number of nitrogens with zero attached hydrogens (tertiary/aromatic N) is 1. The molecule has 0 unspecified atom stereocenters. The number of carbonyl (C=O) groups is 1. The van der Waals surface area contributed by atoms with Crippen LogP contribution in [0.15, 0.2) is 30.0 Å². The van der Waals surface area contributed by atoms with Crippen LogP contribution in [0.5, 0.6) is 0 Å². The van der Waals surface area contributed by atoms with E-state index in [2.05, 4.69) is 4.98 Å². The first-order valence-electron chi connectivity index (χ1n) is 3.59. The second kappa shape index (κ2) is 3.67. The largest absolute Gasteiger partial charge is 0.366 e. The van der Waals surface area contributed by atoms with E-state index >= 15 is 0 Å². The molecule has 0 atom stereocenters. The molecule has 1 heterocycles. The number of rotatable bonds is 2. The van der Waals surface area contributed by atoms with E-state index in [0.29, 0.717) is 5.57 Å². The predicted octanol–water partition coefficient (Wildman–Crippen LogP) is 0.970. The van der Waals surface area contributed by atoms with Crippen molar-refractivity contribution in [2.24, 2.45) is 5.73 Å². The third-order valence-electron chi connectivity index (χ3n) is 1.44. The fraction of sp³-hybridized carbons (Fsp3) is 0.111. The van der Waals surface area contributed by atoms with Crippen LogP contribution in [0.3, 0.4) is 0 Å². The summed E-state index contributed by atoms with van der Waals surface area (Å²) in [6.07, 6.45) is 3.32. The molecule has 0 saturated heterocycles. The average molecular weight is 162 g/mol. The summed E-state index contributed by atoms with van der Waals surface area (Å²) in [6.45, 7) is 1.66. The summed E-state index contributed by atoms with van der Waals surface area (Å²) in [7, 11) is 0. The van der Waals surface area contributed by atoms with Crippen molar-refractivity contribution >= 4 is 12.0 Å². The third-order valence-corrected chi connectivity index (χ3v) is 1.44. The van der Waals surface area contributed by atoms with Crippen LogP contribution in [0.2, 0.25) is 0 Å². The zero-order valence-electron chi connectivity index (χ0n) is 6.82. The molecule has 2 N–H and O–H groups in total. The Morgan fingerprint density at radius 1 is 1.58 bits per heavy atom. The van der Waals surface area contributed by atoms with Gasteiger partial charge < -0.3 is 5.73 Å². The SMILES string of the molecule is CC(=Cc1ccccn1)C(N)=O. The molecule has 3 heteroatoms. The lowest BCUT2D eigenvalue weighted by Gasteiger charge is -1.93. The first-order valence-corrected chi connectivity index (χ1v) is 3.59. The van der Waals surface area contributed by atoms with Crippen LogP contribution < -0.4 is 5.73 Å². The standard InChI is InChI=1S/C9H10N2O/c1-7(9(10)12)6-8-4-2-3-5-11-8/h2-6H,1H3,(H2,10,12). The Morgan fingerprint density at radius 2 is 2.33 bits per heavy atom. The Balaban J connectivity index is 2.89. The Bertz CT molecular complexity index is 304. The van der Waals surface area contributed by atoms with E-state index < -0.39 is 5.91 Å². The van der Waals surface area contributed by atoms with Crippen molar-refractivity contribution < 1.29 is 4.79 Å². The quantitative estimate of drug-likeness (QED) is 0.659. The number of pyridine rings is 1. The highest BCUT2D eigenvalue weighted by Crippen LogP contribution is 2.01. The molecule has 0 radical (unpaired) electrons.